The molecule has 0 spiro atoms. The third kappa shape index (κ3) is 6.71. The van der Waals surface area contributed by atoms with E-state index in [1.807, 2.05) is 43.3 Å². The summed E-state index contributed by atoms with van der Waals surface area (Å²) in [5, 5.41) is 10.1. The highest BCUT2D eigenvalue weighted by molar-refractivity contribution is 7.89. The Morgan fingerprint density at radius 3 is 2.50 bits per heavy atom. The molecule has 1 unspecified atom stereocenters. The highest BCUT2D eigenvalue weighted by atomic mass is 32.2. The maximum atomic E-state index is 12.7. The molecule has 0 saturated carbocycles. The number of rotatable bonds is 9. The van der Waals surface area contributed by atoms with Crippen LogP contribution < -0.4 is 0 Å². The predicted octanol–water partition coefficient (Wildman–Crippen LogP) is 4.89. The van der Waals surface area contributed by atoms with Crippen molar-refractivity contribution in [2.24, 2.45) is 0 Å². The third-order valence-electron chi connectivity index (χ3n) is 3.40. The maximum Gasteiger partial charge on any atom is 0.0847 e. The van der Waals surface area contributed by atoms with Crippen LogP contribution >= 0.6 is 0 Å². The van der Waals surface area contributed by atoms with Crippen LogP contribution in [0.4, 0.5) is 0 Å². The molecule has 22 heavy (non-hydrogen) atoms. The van der Waals surface area contributed by atoms with Gasteiger partial charge in [0.05, 0.1) is 16.9 Å². The fraction of sp³-hybridized carbons (Fsp3) is 0.474. The first-order valence-corrected chi connectivity index (χ1v) is 9.28. The summed E-state index contributed by atoms with van der Waals surface area (Å²) in [5.41, 5.74) is 1.15. The molecule has 122 valence electrons. The molecule has 0 fully saturated rings. The van der Waals surface area contributed by atoms with Gasteiger partial charge >= 0.3 is 0 Å². The monoisotopic (exact) mass is 320 g/mol. The molecule has 0 aliphatic carbocycles. The summed E-state index contributed by atoms with van der Waals surface area (Å²) in [6.45, 7) is 6.23. The molecule has 2 atom stereocenters. The van der Waals surface area contributed by atoms with Gasteiger partial charge in [0.15, 0.2) is 0 Å². The molecule has 3 heteroatoms. The molecular weight excluding hydrogens is 292 g/mol. The van der Waals surface area contributed by atoms with Gasteiger partial charge in [0, 0.05) is 9.80 Å². The number of aryl methyl sites for hydroxylation is 1. The normalized spacial score (nSPS) is 15.2. The molecule has 1 aromatic rings. The molecule has 1 aromatic carbocycles. The van der Waals surface area contributed by atoms with E-state index in [1.54, 1.807) is 6.08 Å². The van der Waals surface area contributed by atoms with E-state index in [-0.39, 0.29) is 0 Å². The van der Waals surface area contributed by atoms with E-state index >= 15 is 0 Å². The van der Waals surface area contributed by atoms with Gasteiger partial charge in [0.25, 0.3) is 0 Å². The minimum absolute atomic E-state index is 0.532. The highest BCUT2D eigenvalue weighted by Crippen LogP contribution is 2.18. The van der Waals surface area contributed by atoms with Gasteiger partial charge in [-0.25, -0.2) is 4.21 Å². The Balaban J connectivity index is 2.95. The van der Waals surface area contributed by atoms with Gasteiger partial charge < -0.3 is 5.11 Å². The van der Waals surface area contributed by atoms with E-state index in [0.717, 1.165) is 36.1 Å². The fourth-order valence-corrected chi connectivity index (χ4v) is 3.19. The molecule has 0 radical (unpaired) electrons. The summed E-state index contributed by atoms with van der Waals surface area (Å²) in [7, 11) is -1.24. The third-order valence-corrected chi connectivity index (χ3v) is 4.80. The van der Waals surface area contributed by atoms with Gasteiger partial charge in [0.1, 0.15) is 0 Å². The van der Waals surface area contributed by atoms with Gasteiger partial charge in [-0.2, -0.15) is 0 Å². The Morgan fingerprint density at radius 2 is 1.91 bits per heavy atom. The first-order chi connectivity index (χ1) is 10.6. The molecule has 1 rings (SSSR count). The molecule has 0 saturated heterocycles. The molecule has 0 aliphatic heterocycles. The van der Waals surface area contributed by atoms with Crippen LogP contribution in [0.5, 0.6) is 0 Å². The number of aliphatic hydroxyl groups is 1. The maximum absolute atomic E-state index is 12.7. The SMILES string of the molecule is CCC/C=C/C(=C/[C@@H](O)CCCC)S(=O)c1ccc(C)cc1. The zero-order valence-corrected chi connectivity index (χ0v) is 14.7. The van der Waals surface area contributed by atoms with E-state index in [1.165, 1.54) is 0 Å². The van der Waals surface area contributed by atoms with E-state index in [4.69, 9.17) is 0 Å². The number of aliphatic hydroxyl groups excluding tert-OH is 1. The van der Waals surface area contributed by atoms with E-state index in [9.17, 15) is 9.32 Å². The number of unbranched alkanes of at least 4 members (excludes halogenated alkanes) is 2. The second-order valence-corrected chi connectivity index (χ2v) is 7.03. The van der Waals surface area contributed by atoms with Crippen LogP contribution in [-0.4, -0.2) is 15.4 Å². The largest absolute Gasteiger partial charge is 0.389 e. The summed E-state index contributed by atoms with van der Waals surface area (Å²) in [6, 6.07) is 7.72. The fourth-order valence-electron chi connectivity index (χ4n) is 2.03. The number of allylic oxidation sites excluding steroid dienone is 2. The summed E-state index contributed by atoms with van der Waals surface area (Å²) in [6.07, 6.45) is 9.89. The van der Waals surface area contributed by atoms with Crippen LogP contribution in [0, 0.1) is 6.92 Å². The van der Waals surface area contributed by atoms with Crippen molar-refractivity contribution in [3.05, 3.63) is 53.0 Å². The first kappa shape index (κ1) is 18.9. The molecule has 0 heterocycles. The smallest absolute Gasteiger partial charge is 0.0847 e. The lowest BCUT2D eigenvalue weighted by Crippen LogP contribution is -2.05. The van der Waals surface area contributed by atoms with E-state index in [0.29, 0.717) is 11.3 Å². The van der Waals surface area contributed by atoms with Crippen molar-refractivity contribution in [1.82, 2.24) is 0 Å². The van der Waals surface area contributed by atoms with Gasteiger partial charge in [-0.1, -0.05) is 56.9 Å². The van der Waals surface area contributed by atoms with Crippen LogP contribution in [0.2, 0.25) is 0 Å². The van der Waals surface area contributed by atoms with Gasteiger partial charge in [-0.15, -0.1) is 0 Å². The Kier molecular flexibility index (Phi) is 9.02. The molecule has 0 aromatic heterocycles. The van der Waals surface area contributed by atoms with E-state index in [2.05, 4.69) is 13.8 Å². The zero-order chi connectivity index (χ0) is 16.4. The van der Waals surface area contributed by atoms with E-state index < -0.39 is 16.9 Å². The van der Waals surface area contributed by atoms with Crippen LogP contribution in [0.1, 0.15) is 51.5 Å². The second-order valence-electron chi connectivity index (χ2n) is 5.55. The van der Waals surface area contributed by atoms with Crippen molar-refractivity contribution in [3.8, 4) is 0 Å². The van der Waals surface area contributed by atoms with Gasteiger partial charge in [-0.3, -0.25) is 0 Å². The van der Waals surface area contributed by atoms with Gasteiger partial charge in [-0.05, 0) is 44.1 Å². The second kappa shape index (κ2) is 10.5. The lowest BCUT2D eigenvalue weighted by atomic mass is 10.1. The van der Waals surface area contributed by atoms with Crippen molar-refractivity contribution >= 4 is 10.8 Å². The Hall–Kier alpha value is -1.19. The highest BCUT2D eigenvalue weighted by Gasteiger charge is 2.10. The lowest BCUT2D eigenvalue weighted by Gasteiger charge is -2.09. The minimum Gasteiger partial charge on any atom is -0.389 e. The van der Waals surface area contributed by atoms with Crippen LogP contribution in [0.15, 0.2) is 52.3 Å². The molecular formula is C19H28O2S. The topological polar surface area (TPSA) is 37.3 Å². The minimum atomic E-state index is -1.24. The quantitative estimate of drug-likeness (QED) is 0.657. The summed E-state index contributed by atoms with van der Waals surface area (Å²) in [4.78, 5) is 1.47. The van der Waals surface area contributed by atoms with Crippen molar-refractivity contribution in [2.45, 2.75) is 63.9 Å². The lowest BCUT2D eigenvalue weighted by molar-refractivity contribution is 0.209. The molecule has 0 aliphatic rings. The van der Waals surface area contributed by atoms with Crippen molar-refractivity contribution < 1.29 is 9.32 Å². The summed E-state index contributed by atoms with van der Waals surface area (Å²) >= 11 is 0. The van der Waals surface area contributed by atoms with Crippen LogP contribution in [0.25, 0.3) is 0 Å². The predicted molar refractivity (Wildman–Crippen MR) is 95.3 cm³/mol. The summed E-state index contributed by atoms with van der Waals surface area (Å²) < 4.78 is 12.7. The average molecular weight is 320 g/mol. The first-order valence-electron chi connectivity index (χ1n) is 8.13. The molecule has 2 nitrogen and oxygen atoms in total. The Labute approximate surface area is 137 Å². The summed E-state index contributed by atoms with van der Waals surface area (Å²) in [5.74, 6) is 0. The molecule has 0 bridgehead atoms. The Bertz CT molecular complexity index is 515. The standard InChI is InChI=1S/C19H28O2S/c1-4-6-8-10-19(15-17(20)9-7-5-2)22(21)18-13-11-16(3)12-14-18/h8,10-15,17,20H,4-7,9H2,1-3H3/b10-8+,19-15-/t17-,22?/m0/s1. The van der Waals surface area contributed by atoms with Gasteiger partial charge in [0.2, 0.25) is 0 Å². The van der Waals surface area contributed by atoms with Crippen molar-refractivity contribution in [1.29, 1.82) is 0 Å². The number of benzene rings is 1. The molecule has 0 amide bonds. The zero-order valence-electron chi connectivity index (χ0n) is 13.9. The van der Waals surface area contributed by atoms with Crippen molar-refractivity contribution in [2.75, 3.05) is 0 Å². The number of hydrogen-bond acceptors (Lipinski definition) is 2. The Morgan fingerprint density at radius 1 is 1.23 bits per heavy atom. The van der Waals surface area contributed by atoms with Crippen LogP contribution in [0.3, 0.4) is 0 Å². The number of hydrogen-bond donors (Lipinski definition) is 1. The van der Waals surface area contributed by atoms with Crippen LogP contribution in [-0.2, 0) is 10.8 Å². The van der Waals surface area contributed by atoms with Crippen molar-refractivity contribution in [3.63, 3.8) is 0 Å². The molecule has 1 N–H and O–H groups in total. The average Bonchev–Trinajstić information content (AvgIpc) is 2.52.